The number of hydrogen-bond acceptors (Lipinski definition) is 3. The van der Waals surface area contributed by atoms with E-state index < -0.39 is 0 Å². The Morgan fingerprint density at radius 3 is 2.89 bits per heavy atom. The molecule has 92 valence electrons. The number of rotatable bonds is 4. The minimum absolute atomic E-state index is 0.793. The first-order valence-electron chi connectivity index (χ1n) is 5.97. The number of nitrogens with zero attached hydrogens (tertiary/aromatic N) is 2. The first-order valence-corrected chi connectivity index (χ1v) is 6.91. The number of para-hydroxylation sites is 2. The maximum absolute atomic E-state index is 4.63. The average molecular weight is 257 g/mol. The molecule has 0 saturated carbocycles. The highest BCUT2D eigenvalue weighted by Crippen LogP contribution is 2.14. The van der Waals surface area contributed by atoms with Gasteiger partial charge in [0.1, 0.15) is 5.82 Å². The lowest BCUT2D eigenvalue weighted by atomic mass is 10.3. The van der Waals surface area contributed by atoms with Gasteiger partial charge in [0.25, 0.3) is 0 Å². The fourth-order valence-corrected chi connectivity index (χ4v) is 2.73. The summed E-state index contributed by atoms with van der Waals surface area (Å²) in [6, 6.07) is 10.4. The van der Waals surface area contributed by atoms with E-state index in [-0.39, 0.29) is 0 Å². The van der Waals surface area contributed by atoms with Crippen molar-refractivity contribution in [3.63, 3.8) is 0 Å². The minimum Gasteiger partial charge on any atom is -0.330 e. The highest BCUT2D eigenvalue weighted by molar-refractivity contribution is 7.07. The molecule has 3 aromatic rings. The number of fused-ring (bicyclic) bond motifs is 1. The Bertz CT molecular complexity index is 640. The van der Waals surface area contributed by atoms with Gasteiger partial charge in [0.05, 0.1) is 17.6 Å². The molecule has 0 atom stereocenters. The van der Waals surface area contributed by atoms with E-state index in [1.54, 1.807) is 11.3 Å². The van der Waals surface area contributed by atoms with Crippen molar-refractivity contribution >= 4 is 22.4 Å². The lowest BCUT2D eigenvalue weighted by Gasteiger charge is -2.03. The van der Waals surface area contributed by atoms with E-state index in [0.717, 1.165) is 24.4 Å². The molecule has 0 saturated heterocycles. The Labute approximate surface area is 110 Å². The third-order valence-electron chi connectivity index (χ3n) is 3.07. The van der Waals surface area contributed by atoms with Crippen LogP contribution in [0.15, 0.2) is 41.1 Å². The molecule has 0 aliphatic rings. The van der Waals surface area contributed by atoms with E-state index in [1.807, 2.05) is 12.1 Å². The molecule has 0 bridgehead atoms. The third-order valence-corrected chi connectivity index (χ3v) is 3.80. The van der Waals surface area contributed by atoms with E-state index in [1.165, 1.54) is 11.1 Å². The lowest BCUT2D eigenvalue weighted by molar-refractivity contribution is 0.644. The zero-order valence-electron chi connectivity index (χ0n) is 10.3. The van der Waals surface area contributed by atoms with Gasteiger partial charge < -0.3 is 9.88 Å². The molecular weight excluding hydrogens is 242 g/mol. The molecule has 1 N–H and O–H groups in total. The van der Waals surface area contributed by atoms with Crippen LogP contribution in [0.2, 0.25) is 0 Å². The Morgan fingerprint density at radius 2 is 2.11 bits per heavy atom. The summed E-state index contributed by atoms with van der Waals surface area (Å²) in [7, 11) is 2.07. The Kier molecular flexibility index (Phi) is 3.13. The number of aryl methyl sites for hydroxylation is 1. The molecule has 0 aliphatic carbocycles. The van der Waals surface area contributed by atoms with Crippen LogP contribution >= 0.6 is 11.3 Å². The van der Waals surface area contributed by atoms with E-state index in [4.69, 9.17) is 0 Å². The van der Waals surface area contributed by atoms with Crippen LogP contribution in [0.4, 0.5) is 0 Å². The normalized spacial score (nSPS) is 11.2. The van der Waals surface area contributed by atoms with Gasteiger partial charge in [-0.2, -0.15) is 11.3 Å². The predicted octanol–water partition coefficient (Wildman–Crippen LogP) is 2.92. The summed E-state index contributed by atoms with van der Waals surface area (Å²) in [4.78, 5) is 4.63. The van der Waals surface area contributed by atoms with Gasteiger partial charge >= 0.3 is 0 Å². The van der Waals surface area contributed by atoms with Crippen molar-refractivity contribution in [2.75, 3.05) is 0 Å². The second-order valence-electron chi connectivity index (χ2n) is 4.31. The van der Waals surface area contributed by atoms with Crippen LogP contribution in [0.5, 0.6) is 0 Å². The average Bonchev–Trinajstić information content (AvgIpc) is 3.00. The smallest absolute Gasteiger partial charge is 0.123 e. The first kappa shape index (κ1) is 11.4. The topological polar surface area (TPSA) is 29.9 Å². The largest absolute Gasteiger partial charge is 0.330 e. The van der Waals surface area contributed by atoms with Crippen LogP contribution in [0.1, 0.15) is 11.4 Å². The molecule has 0 amide bonds. The molecule has 2 aromatic heterocycles. The van der Waals surface area contributed by atoms with Crippen molar-refractivity contribution in [3.8, 4) is 0 Å². The Morgan fingerprint density at radius 1 is 1.22 bits per heavy atom. The van der Waals surface area contributed by atoms with Gasteiger partial charge in [-0.05, 0) is 34.5 Å². The van der Waals surface area contributed by atoms with Crippen molar-refractivity contribution in [1.82, 2.24) is 14.9 Å². The van der Waals surface area contributed by atoms with Crippen LogP contribution in [0.25, 0.3) is 11.0 Å². The SMILES string of the molecule is Cn1c(CNCc2ccsc2)nc2ccccc21. The molecule has 2 heterocycles. The quantitative estimate of drug-likeness (QED) is 0.779. The van der Waals surface area contributed by atoms with Gasteiger partial charge in [-0.3, -0.25) is 0 Å². The second kappa shape index (κ2) is 4.92. The third kappa shape index (κ3) is 2.17. The van der Waals surface area contributed by atoms with Crippen molar-refractivity contribution < 1.29 is 0 Å². The minimum atomic E-state index is 0.793. The number of benzene rings is 1. The summed E-state index contributed by atoms with van der Waals surface area (Å²) < 4.78 is 2.15. The maximum Gasteiger partial charge on any atom is 0.123 e. The summed E-state index contributed by atoms with van der Waals surface area (Å²) in [5, 5.41) is 7.70. The molecular formula is C14H15N3S. The summed E-state index contributed by atoms with van der Waals surface area (Å²) in [6.07, 6.45) is 0. The zero-order valence-corrected chi connectivity index (χ0v) is 11.1. The standard InChI is InChI=1S/C14H15N3S/c1-17-13-5-3-2-4-12(13)16-14(17)9-15-8-11-6-7-18-10-11/h2-7,10,15H,8-9H2,1H3. The number of imidazole rings is 1. The molecule has 0 aliphatic heterocycles. The first-order chi connectivity index (χ1) is 8.84. The molecule has 0 fully saturated rings. The molecule has 4 heteroatoms. The highest BCUT2D eigenvalue weighted by atomic mass is 32.1. The monoisotopic (exact) mass is 257 g/mol. The van der Waals surface area contributed by atoms with Crippen LogP contribution in [-0.4, -0.2) is 9.55 Å². The van der Waals surface area contributed by atoms with Gasteiger partial charge in [0, 0.05) is 13.6 Å². The second-order valence-corrected chi connectivity index (χ2v) is 5.09. The predicted molar refractivity (Wildman–Crippen MR) is 75.6 cm³/mol. The fraction of sp³-hybridized carbons (Fsp3) is 0.214. The summed E-state index contributed by atoms with van der Waals surface area (Å²) in [5.41, 5.74) is 3.58. The van der Waals surface area contributed by atoms with Crippen molar-refractivity contribution in [1.29, 1.82) is 0 Å². The molecule has 0 radical (unpaired) electrons. The van der Waals surface area contributed by atoms with Gasteiger partial charge in [-0.25, -0.2) is 4.98 Å². The highest BCUT2D eigenvalue weighted by Gasteiger charge is 2.06. The van der Waals surface area contributed by atoms with Crippen molar-refractivity contribution in [2.45, 2.75) is 13.1 Å². The Hall–Kier alpha value is -1.65. The van der Waals surface area contributed by atoms with Crippen LogP contribution in [0.3, 0.4) is 0 Å². The van der Waals surface area contributed by atoms with Gasteiger partial charge in [-0.1, -0.05) is 12.1 Å². The number of thiophene rings is 1. The Balaban J connectivity index is 1.73. The summed E-state index contributed by atoms with van der Waals surface area (Å²) >= 11 is 1.73. The lowest BCUT2D eigenvalue weighted by Crippen LogP contribution is -2.15. The molecule has 3 nitrogen and oxygen atoms in total. The van der Waals surface area contributed by atoms with Crippen LogP contribution in [-0.2, 0) is 20.1 Å². The summed E-state index contributed by atoms with van der Waals surface area (Å²) in [5.74, 6) is 1.08. The number of nitrogens with one attached hydrogen (secondary N) is 1. The number of hydrogen-bond donors (Lipinski definition) is 1. The van der Waals surface area contributed by atoms with E-state index in [0.29, 0.717) is 0 Å². The zero-order chi connectivity index (χ0) is 12.4. The van der Waals surface area contributed by atoms with Crippen LogP contribution < -0.4 is 5.32 Å². The van der Waals surface area contributed by atoms with Gasteiger partial charge in [0.15, 0.2) is 0 Å². The number of aromatic nitrogens is 2. The molecule has 0 unspecified atom stereocenters. The molecule has 1 aromatic carbocycles. The van der Waals surface area contributed by atoms with E-state index in [2.05, 4.69) is 50.9 Å². The van der Waals surface area contributed by atoms with Gasteiger partial charge in [0.2, 0.25) is 0 Å². The summed E-state index contributed by atoms with van der Waals surface area (Å²) in [6.45, 7) is 1.69. The van der Waals surface area contributed by atoms with Gasteiger partial charge in [-0.15, -0.1) is 0 Å². The fourth-order valence-electron chi connectivity index (χ4n) is 2.07. The molecule has 0 spiro atoms. The van der Waals surface area contributed by atoms with Crippen molar-refractivity contribution in [2.24, 2.45) is 7.05 Å². The molecule has 3 rings (SSSR count). The molecule has 18 heavy (non-hydrogen) atoms. The van der Waals surface area contributed by atoms with Crippen molar-refractivity contribution in [3.05, 3.63) is 52.5 Å². The van der Waals surface area contributed by atoms with E-state index in [9.17, 15) is 0 Å². The van der Waals surface area contributed by atoms with E-state index >= 15 is 0 Å². The maximum atomic E-state index is 4.63. The van der Waals surface area contributed by atoms with Crippen LogP contribution in [0, 0.1) is 0 Å².